The molecule has 0 amide bonds. The maximum Gasteiger partial charge on any atom is 0.148 e. The number of aryl methyl sites for hydroxylation is 5. The number of benzene rings is 3. The summed E-state index contributed by atoms with van der Waals surface area (Å²) in [5, 5.41) is 10.8. The molecule has 4 rings (SSSR count). The number of fused-ring (bicyclic) bond motifs is 1. The number of hydrogen-bond donors (Lipinski definition) is 1. The molecule has 172 valence electrons. The second kappa shape index (κ2) is 9.67. The number of imidazole rings is 1. The summed E-state index contributed by atoms with van der Waals surface area (Å²) >= 11 is 0. The van der Waals surface area contributed by atoms with Crippen molar-refractivity contribution in [1.82, 2.24) is 9.55 Å². The first kappa shape index (κ1) is 22.9. The highest BCUT2D eigenvalue weighted by Gasteiger charge is 2.17. The summed E-state index contributed by atoms with van der Waals surface area (Å²) in [6.45, 7) is 11.1. The fraction of sp³-hybridized carbons (Fsp3) is 0.321. The van der Waals surface area contributed by atoms with Crippen molar-refractivity contribution in [1.29, 1.82) is 0 Å². The van der Waals surface area contributed by atoms with Crippen LogP contribution in [0.1, 0.15) is 33.6 Å². The number of rotatable bonds is 8. The van der Waals surface area contributed by atoms with Crippen molar-refractivity contribution in [3.05, 3.63) is 88.2 Å². The van der Waals surface area contributed by atoms with Crippen LogP contribution in [0.25, 0.3) is 11.0 Å². The van der Waals surface area contributed by atoms with Crippen LogP contribution in [-0.4, -0.2) is 27.4 Å². The van der Waals surface area contributed by atoms with E-state index in [0.717, 1.165) is 50.6 Å². The largest absolute Gasteiger partial charge is 0.490 e. The van der Waals surface area contributed by atoms with Crippen molar-refractivity contribution < 1.29 is 14.6 Å². The van der Waals surface area contributed by atoms with Crippen LogP contribution in [0, 0.1) is 34.6 Å². The van der Waals surface area contributed by atoms with Crippen molar-refractivity contribution in [3.8, 4) is 11.5 Å². The molecule has 0 saturated carbocycles. The molecule has 1 unspecified atom stereocenters. The summed E-state index contributed by atoms with van der Waals surface area (Å²) in [5.74, 6) is 2.50. The minimum absolute atomic E-state index is 0.203. The Balaban J connectivity index is 1.54. The lowest BCUT2D eigenvalue weighted by Gasteiger charge is -2.18. The standard InChI is InChI=1S/C28H32N2O3/c1-18-13-21(4)28(22(5)14-18)33-17-26-29-24-11-6-7-12-25(24)30(26)15-23(31)16-32-27-19(2)9-8-10-20(27)3/h6-14,23,31H,15-17H2,1-5H3. The molecule has 1 heterocycles. The van der Waals surface area contributed by atoms with Gasteiger partial charge in [-0.25, -0.2) is 4.98 Å². The van der Waals surface area contributed by atoms with E-state index in [2.05, 4.69) is 32.9 Å². The molecule has 1 aromatic heterocycles. The molecule has 5 nitrogen and oxygen atoms in total. The maximum atomic E-state index is 10.8. The third-order valence-electron chi connectivity index (χ3n) is 5.91. The Kier molecular flexibility index (Phi) is 6.70. The molecule has 4 aromatic rings. The molecule has 0 bridgehead atoms. The van der Waals surface area contributed by atoms with Gasteiger partial charge >= 0.3 is 0 Å². The molecule has 33 heavy (non-hydrogen) atoms. The van der Waals surface area contributed by atoms with Gasteiger partial charge in [-0.15, -0.1) is 0 Å². The Bertz CT molecular complexity index is 1230. The van der Waals surface area contributed by atoms with Gasteiger partial charge in [0.05, 0.1) is 17.6 Å². The normalized spacial score (nSPS) is 12.2. The molecular formula is C28H32N2O3. The Labute approximate surface area is 195 Å². The van der Waals surface area contributed by atoms with Crippen LogP contribution < -0.4 is 9.47 Å². The average Bonchev–Trinajstić information content (AvgIpc) is 3.10. The summed E-state index contributed by atoms with van der Waals surface area (Å²) in [4.78, 5) is 4.79. The van der Waals surface area contributed by atoms with Gasteiger partial charge in [0.1, 0.15) is 36.6 Å². The quantitative estimate of drug-likeness (QED) is 0.384. The molecule has 0 aliphatic carbocycles. The number of para-hydroxylation sites is 3. The first-order chi connectivity index (χ1) is 15.8. The van der Waals surface area contributed by atoms with Crippen molar-refractivity contribution in [2.45, 2.75) is 53.9 Å². The summed E-state index contributed by atoms with van der Waals surface area (Å²) in [6.07, 6.45) is -0.691. The zero-order chi connectivity index (χ0) is 23.5. The zero-order valence-corrected chi connectivity index (χ0v) is 20.1. The van der Waals surface area contributed by atoms with Gasteiger partial charge in [-0.3, -0.25) is 0 Å². The van der Waals surface area contributed by atoms with E-state index in [-0.39, 0.29) is 6.61 Å². The third-order valence-corrected chi connectivity index (χ3v) is 5.91. The minimum Gasteiger partial charge on any atom is -0.490 e. The fourth-order valence-electron chi connectivity index (χ4n) is 4.44. The molecule has 0 fully saturated rings. The number of aliphatic hydroxyl groups is 1. The van der Waals surface area contributed by atoms with Gasteiger partial charge < -0.3 is 19.1 Å². The Morgan fingerprint density at radius 3 is 2.15 bits per heavy atom. The third kappa shape index (κ3) is 5.04. The number of aromatic nitrogens is 2. The van der Waals surface area contributed by atoms with E-state index >= 15 is 0 Å². The lowest BCUT2D eigenvalue weighted by Crippen LogP contribution is -2.25. The maximum absolute atomic E-state index is 10.8. The molecule has 1 N–H and O–H groups in total. The van der Waals surface area contributed by atoms with Gasteiger partial charge in [0.2, 0.25) is 0 Å². The zero-order valence-electron chi connectivity index (χ0n) is 20.1. The monoisotopic (exact) mass is 444 g/mol. The highest BCUT2D eigenvalue weighted by molar-refractivity contribution is 5.75. The van der Waals surface area contributed by atoms with E-state index in [1.54, 1.807) is 0 Å². The van der Waals surface area contributed by atoms with Crippen LogP contribution in [0.15, 0.2) is 54.6 Å². The van der Waals surface area contributed by atoms with Crippen molar-refractivity contribution in [2.75, 3.05) is 6.61 Å². The summed E-state index contributed by atoms with van der Waals surface area (Å²) in [6, 6.07) is 18.3. The molecule has 1 atom stereocenters. The van der Waals surface area contributed by atoms with Gasteiger partial charge in [-0.2, -0.15) is 0 Å². The summed E-state index contributed by atoms with van der Waals surface area (Å²) in [5.41, 5.74) is 7.42. The number of hydrogen-bond acceptors (Lipinski definition) is 4. The molecule has 0 radical (unpaired) electrons. The Morgan fingerprint density at radius 2 is 1.45 bits per heavy atom. The van der Waals surface area contributed by atoms with Crippen LogP contribution in [0.4, 0.5) is 0 Å². The smallest absolute Gasteiger partial charge is 0.148 e. The van der Waals surface area contributed by atoms with Crippen molar-refractivity contribution in [3.63, 3.8) is 0 Å². The average molecular weight is 445 g/mol. The minimum atomic E-state index is -0.691. The lowest BCUT2D eigenvalue weighted by molar-refractivity contribution is 0.0911. The Morgan fingerprint density at radius 1 is 0.818 bits per heavy atom. The second-order valence-electron chi connectivity index (χ2n) is 8.83. The van der Waals surface area contributed by atoms with Gasteiger partial charge in [0.15, 0.2) is 0 Å². The van der Waals surface area contributed by atoms with E-state index in [9.17, 15) is 5.11 Å². The predicted octanol–water partition coefficient (Wildman–Crippen LogP) is 5.60. The van der Waals surface area contributed by atoms with Gasteiger partial charge in [-0.1, -0.05) is 48.0 Å². The van der Waals surface area contributed by atoms with Crippen molar-refractivity contribution >= 4 is 11.0 Å². The van der Waals surface area contributed by atoms with Gasteiger partial charge in [0.25, 0.3) is 0 Å². The first-order valence-corrected chi connectivity index (χ1v) is 11.4. The number of nitrogens with zero attached hydrogens (tertiary/aromatic N) is 2. The van der Waals surface area contributed by atoms with Crippen LogP contribution in [-0.2, 0) is 13.2 Å². The fourth-order valence-corrected chi connectivity index (χ4v) is 4.44. The second-order valence-corrected chi connectivity index (χ2v) is 8.83. The summed E-state index contributed by atoms with van der Waals surface area (Å²) < 4.78 is 14.2. The topological polar surface area (TPSA) is 56.5 Å². The van der Waals surface area contributed by atoms with Crippen LogP contribution >= 0.6 is 0 Å². The number of ether oxygens (including phenoxy) is 2. The van der Waals surface area contributed by atoms with Crippen LogP contribution in [0.2, 0.25) is 0 Å². The summed E-state index contributed by atoms with van der Waals surface area (Å²) in [7, 11) is 0. The van der Waals surface area contributed by atoms with E-state index in [0.29, 0.717) is 13.2 Å². The SMILES string of the molecule is Cc1cc(C)c(OCc2nc3ccccc3n2CC(O)COc2c(C)cccc2C)c(C)c1. The highest BCUT2D eigenvalue weighted by atomic mass is 16.5. The predicted molar refractivity (Wildman–Crippen MR) is 132 cm³/mol. The van der Waals surface area contributed by atoms with Crippen LogP contribution in [0.3, 0.4) is 0 Å². The first-order valence-electron chi connectivity index (χ1n) is 11.4. The number of aliphatic hydroxyl groups excluding tert-OH is 1. The van der Waals surface area contributed by atoms with Gasteiger partial charge in [0, 0.05) is 0 Å². The molecule has 0 spiro atoms. The molecular weight excluding hydrogens is 412 g/mol. The van der Waals surface area contributed by atoms with E-state index in [1.165, 1.54) is 5.56 Å². The van der Waals surface area contributed by atoms with Gasteiger partial charge in [-0.05, 0) is 69.0 Å². The van der Waals surface area contributed by atoms with E-state index in [1.807, 2.05) is 60.9 Å². The van der Waals surface area contributed by atoms with Crippen LogP contribution in [0.5, 0.6) is 11.5 Å². The van der Waals surface area contributed by atoms with E-state index in [4.69, 9.17) is 14.5 Å². The Hall–Kier alpha value is -3.31. The highest BCUT2D eigenvalue weighted by Crippen LogP contribution is 2.27. The molecule has 0 saturated heterocycles. The lowest BCUT2D eigenvalue weighted by atomic mass is 10.1. The molecule has 0 aliphatic heterocycles. The molecule has 0 aliphatic rings. The molecule has 5 heteroatoms. The van der Waals surface area contributed by atoms with E-state index < -0.39 is 6.10 Å². The molecule has 3 aromatic carbocycles. The van der Waals surface area contributed by atoms with Crippen molar-refractivity contribution in [2.24, 2.45) is 0 Å².